The van der Waals surface area contributed by atoms with Gasteiger partial charge >= 0.3 is 6.03 Å². The monoisotopic (exact) mass is 565 g/mol. The molecule has 4 rings (SSSR count). The first kappa shape index (κ1) is 28.6. The van der Waals surface area contributed by atoms with Gasteiger partial charge < -0.3 is 10.2 Å². The maximum atomic E-state index is 13.3. The predicted octanol–water partition coefficient (Wildman–Crippen LogP) is 3.52. The number of piperidine rings is 2. The molecule has 3 atom stereocenters. The minimum atomic E-state index is -3.35. The first-order valence-corrected chi connectivity index (χ1v) is 15.6. The van der Waals surface area contributed by atoms with E-state index in [1.807, 2.05) is 12.1 Å². The van der Waals surface area contributed by atoms with E-state index in [-0.39, 0.29) is 23.6 Å². The number of hydrogen-bond acceptors (Lipinski definition) is 7. The van der Waals surface area contributed by atoms with Gasteiger partial charge in [0.25, 0.3) is 0 Å². The van der Waals surface area contributed by atoms with Gasteiger partial charge in [0.05, 0.1) is 16.8 Å². The Morgan fingerprint density at radius 1 is 1.16 bits per heavy atom. The SMILES string of the molecule is CC(=O)c1sc(NC(=O)NC2CCN(S(C)(=O)=O)CC2CN2CCC[C@@H](Cc3ccc(F)cc3)C2)nc1C. The molecule has 2 aliphatic rings. The highest BCUT2D eigenvalue weighted by molar-refractivity contribution is 7.88. The molecule has 0 saturated carbocycles. The third kappa shape index (κ3) is 7.58. The Kier molecular flexibility index (Phi) is 9.17. The second kappa shape index (κ2) is 12.2. The van der Waals surface area contributed by atoms with Crippen molar-refractivity contribution in [1.29, 1.82) is 0 Å². The Bertz CT molecular complexity index is 1250. The van der Waals surface area contributed by atoms with Gasteiger partial charge in [0.15, 0.2) is 10.9 Å². The number of nitrogens with zero attached hydrogens (tertiary/aromatic N) is 3. The number of Topliss-reactive ketones (excluding diaryl/α,β-unsaturated/α-hetero) is 1. The highest BCUT2D eigenvalue weighted by Crippen LogP contribution is 2.27. The number of benzene rings is 1. The van der Waals surface area contributed by atoms with Gasteiger partial charge in [0.2, 0.25) is 10.0 Å². The number of rotatable bonds is 8. The van der Waals surface area contributed by atoms with Crippen molar-refractivity contribution in [2.24, 2.45) is 11.8 Å². The highest BCUT2D eigenvalue weighted by Gasteiger charge is 2.36. The van der Waals surface area contributed by atoms with E-state index in [9.17, 15) is 22.4 Å². The van der Waals surface area contributed by atoms with Crippen molar-refractivity contribution in [3.8, 4) is 0 Å². The summed E-state index contributed by atoms with van der Waals surface area (Å²) in [5.41, 5.74) is 1.69. The fraction of sp³-hybridized carbons (Fsp3) is 0.577. The van der Waals surface area contributed by atoms with Crippen LogP contribution in [-0.4, -0.2) is 79.4 Å². The van der Waals surface area contributed by atoms with E-state index >= 15 is 0 Å². The van der Waals surface area contributed by atoms with Gasteiger partial charge in [-0.2, -0.15) is 0 Å². The van der Waals surface area contributed by atoms with Gasteiger partial charge in [0.1, 0.15) is 5.82 Å². The van der Waals surface area contributed by atoms with Gasteiger partial charge in [-0.3, -0.25) is 10.1 Å². The molecule has 208 valence electrons. The smallest absolute Gasteiger partial charge is 0.321 e. The molecule has 2 unspecified atom stereocenters. The molecule has 12 heteroatoms. The second-order valence-corrected chi connectivity index (χ2v) is 13.4. The summed E-state index contributed by atoms with van der Waals surface area (Å²) in [7, 11) is -3.35. The van der Waals surface area contributed by atoms with E-state index in [0.717, 1.165) is 49.3 Å². The van der Waals surface area contributed by atoms with Crippen LogP contribution in [0, 0.1) is 24.6 Å². The summed E-state index contributed by atoms with van der Waals surface area (Å²) in [6, 6.07) is 6.03. The van der Waals surface area contributed by atoms with Crippen LogP contribution in [-0.2, 0) is 16.4 Å². The zero-order chi connectivity index (χ0) is 27.4. The Hall–Kier alpha value is -2.41. The van der Waals surface area contributed by atoms with Crippen LogP contribution in [0.25, 0.3) is 0 Å². The molecular formula is C26H36FN5O4S2. The number of aromatic nitrogens is 1. The average molecular weight is 566 g/mol. The molecule has 1 aromatic heterocycles. The minimum absolute atomic E-state index is 0.0837. The number of likely N-dealkylation sites (tertiary alicyclic amines) is 1. The molecule has 3 heterocycles. The summed E-state index contributed by atoms with van der Waals surface area (Å²) in [4.78, 5) is 31.7. The number of hydrogen-bond donors (Lipinski definition) is 2. The first-order valence-electron chi connectivity index (χ1n) is 13.0. The normalized spacial score (nSPS) is 23.2. The largest absolute Gasteiger partial charge is 0.335 e. The number of sulfonamides is 1. The zero-order valence-electron chi connectivity index (χ0n) is 22.1. The summed E-state index contributed by atoms with van der Waals surface area (Å²) < 4.78 is 39.4. The molecule has 2 aromatic rings. The molecule has 0 bridgehead atoms. The summed E-state index contributed by atoms with van der Waals surface area (Å²) >= 11 is 1.14. The van der Waals surface area contributed by atoms with E-state index in [1.165, 1.54) is 29.6 Å². The number of anilines is 1. The minimum Gasteiger partial charge on any atom is -0.335 e. The second-order valence-electron chi connectivity index (χ2n) is 10.5. The Labute approximate surface area is 227 Å². The fourth-order valence-electron chi connectivity index (χ4n) is 5.52. The molecule has 2 aliphatic heterocycles. The van der Waals surface area contributed by atoms with Crippen LogP contribution in [0.1, 0.15) is 47.1 Å². The number of urea groups is 1. The Morgan fingerprint density at radius 2 is 1.89 bits per heavy atom. The van der Waals surface area contributed by atoms with Gasteiger partial charge in [-0.25, -0.2) is 26.9 Å². The molecule has 38 heavy (non-hydrogen) atoms. The number of ketones is 1. The van der Waals surface area contributed by atoms with Crippen molar-refractivity contribution in [2.45, 2.75) is 45.6 Å². The number of aryl methyl sites for hydroxylation is 1. The highest BCUT2D eigenvalue weighted by atomic mass is 32.2. The predicted molar refractivity (Wildman–Crippen MR) is 147 cm³/mol. The molecule has 9 nitrogen and oxygen atoms in total. The van der Waals surface area contributed by atoms with Crippen LogP contribution in [0.5, 0.6) is 0 Å². The summed E-state index contributed by atoms with van der Waals surface area (Å²) in [6.07, 6.45) is 4.73. The summed E-state index contributed by atoms with van der Waals surface area (Å²) in [5.74, 6) is 0.0151. The molecule has 2 fully saturated rings. The van der Waals surface area contributed by atoms with Crippen molar-refractivity contribution in [3.63, 3.8) is 0 Å². The summed E-state index contributed by atoms with van der Waals surface area (Å²) in [5, 5.41) is 6.14. The van der Waals surface area contributed by atoms with Gasteiger partial charge in [-0.15, -0.1) is 0 Å². The average Bonchev–Trinajstić information content (AvgIpc) is 3.21. The molecule has 2 saturated heterocycles. The van der Waals surface area contributed by atoms with E-state index in [1.54, 1.807) is 6.92 Å². The van der Waals surface area contributed by atoms with Crippen LogP contribution in [0.4, 0.5) is 14.3 Å². The third-order valence-corrected chi connectivity index (χ3v) is 9.80. The lowest BCUT2D eigenvalue weighted by Gasteiger charge is -2.42. The Morgan fingerprint density at radius 3 is 2.55 bits per heavy atom. The Balaban J connectivity index is 1.40. The van der Waals surface area contributed by atoms with Gasteiger partial charge in [-0.05, 0) is 62.8 Å². The van der Waals surface area contributed by atoms with E-state index in [2.05, 4.69) is 20.5 Å². The topological polar surface area (TPSA) is 112 Å². The molecular weight excluding hydrogens is 529 g/mol. The van der Waals surface area contributed by atoms with Gasteiger partial charge in [-0.1, -0.05) is 23.5 Å². The van der Waals surface area contributed by atoms with E-state index in [4.69, 9.17) is 0 Å². The van der Waals surface area contributed by atoms with Crippen molar-refractivity contribution in [3.05, 3.63) is 46.2 Å². The molecule has 2 N–H and O–H groups in total. The summed E-state index contributed by atoms with van der Waals surface area (Å²) in [6.45, 7) is 6.34. The van der Waals surface area contributed by atoms with Crippen LogP contribution in [0.2, 0.25) is 0 Å². The maximum absolute atomic E-state index is 13.3. The van der Waals surface area contributed by atoms with Crippen LogP contribution in [0.15, 0.2) is 24.3 Å². The number of carbonyl (C=O) groups excluding carboxylic acids is 2. The number of thiazole rings is 1. The first-order chi connectivity index (χ1) is 18.0. The van der Waals surface area contributed by atoms with Crippen molar-refractivity contribution >= 4 is 38.3 Å². The van der Waals surface area contributed by atoms with Gasteiger partial charge in [0, 0.05) is 45.1 Å². The molecule has 2 amide bonds. The van der Waals surface area contributed by atoms with Crippen LogP contribution >= 0.6 is 11.3 Å². The number of halogens is 1. The number of carbonyl (C=O) groups is 2. The molecule has 1 aromatic carbocycles. The quantitative estimate of drug-likeness (QED) is 0.474. The lowest BCUT2D eigenvalue weighted by molar-refractivity contribution is 0.102. The lowest BCUT2D eigenvalue weighted by atomic mass is 9.88. The molecule has 0 radical (unpaired) electrons. The maximum Gasteiger partial charge on any atom is 0.321 e. The lowest BCUT2D eigenvalue weighted by Crippen LogP contribution is -2.56. The molecule has 0 spiro atoms. The van der Waals surface area contributed by atoms with Crippen LogP contribution < -0.4 is 10.6 Å². The number of nitrogens with one attached hydrogen (secondary N) is 2. The zero-order valence-corrected chi connectivity index (χ0v) is 23.7. The third-order valence-electron chi connectivity index (χ3n) is 7.35. The van der Waals surface area contributed by atoms with Crippen molar-refractivity contribution < 1.29 is 22.4 Å². The van der Waals surface area contributed by atoms with Crippen molar-refractivity contribution in [2.75, 3.05) is 44.3 Å². The van der Waals surface area contributed by atoms with E-state index < -0.39 is 16.1 Å². The number of amides is 2. The van der Waals surface area contributed by atoms with Crippen LogP contribution in [0.3, 0.4) is 0 Å². The standard InChI is InChI=1S/C26H36FN5O4S2/c1-17-24(18(2)33)37-26(28-17)30-25(34)29-23-10-12-32(38(3,35)36)16-21(23)15-31-11-4-5-20(14-31)13-19-6-8-22(27)9-7-19/h6-9,20-21,23H,4-5,10-16H2,1-3H3,(H2,28,29,30,34)/t20-,21?,23?/m0/s1. The molecule has 0 aliphatic carbocycles. The van der Waals surface area contributed by atoms with Crippen molar-refractivity contribution in [1.82, 2.24) is 19.5 Å². The van der Waals surface area contributed by atoms with E-state index in [0.29, 0.717) is 47.7 Å². The fourth-order valence-corrected chi connectivity index (χ4v) is 7.28.